The fourth-order valence-corrected chi connectivity index (χ4v) is 3.74. The fourth-order valence-electron chi connectivity index (χ4n) is 3.74. The lowest BCUT2D eigenvalue weighted by atomic mass is 9.79. The van der Waals surface area contributed by atoms with Gasteiger partial charge in [-0.25, -0.2) is 0 Å². The summed E-state index contributed by atoms with van der Waals surface area (Å²) in [6.45, 7) is 6.92. The third-order valence-electron chi connectivity index (χ3n) is 4.49. The van der Waals surface area contributed by atoms with Crippen molar-refractivity contribution in [3.05, 3.63) is 0 Å². The molecule has 3 atom stereocenters. The Morgan fingerprint density at radius 1 is 1.44 bits per heavy atom. The van der Waals surface area contributed by atoms with Gasteiger partial charge in [0.1, 0.15) is 0 Å². The van der Waals surface area contributed by atoms with Gasteiger partial charge in [0, 0.05) is 12.6 Å². The molecule has 0 radical (unpaired) electrons. The lowest BCUT2D eigenvalue weighted by Crippen LogP contribution is -2.48. The van der Waals surface area contributed by atoms with Gasteiger partial charge >= 0.3 is 0 Å². The normalized spacial score (nSPS) is 37.3. The number of rotatable bonds is 4. The van der Waals surface area contributed by atoms with Crippen LogP contribution >= 0.6 is 0 Å². The zero-order valence-electron chi connectivity index (χ0n) is 10.9. The van der Waals surface area contributed by atoms with E-state index in [0.29, 0.717) is 12.0 Å². The van der Waals surface area contributed by atoms with E-state index < -0.39 is 0 Å². The molecule has 0 bridgehead atoms. The summed E-state index contributed by atoms with van der Waals surface area (Å²) in [6.07, 6.45) is 8.20. The van der Waals surface area contributed by atoms with Crippen molar-refractivity contribution in [3.63, 3.8) is 0 Å². The van der Waals surface area contributed by atoms with Crippen molar-refractivity contribution in [2.45, 2.75) is 70.4 Å². The van der Waals surface area contributed by atoms with Crippen molar-refractivity contribution in [1.82, 2.24) is 4.90 Å². The summed E-state index contributed by atoms with van der Waals surface area (Å²) < 4.78 is 0. The molecular weight excluding hydrogens is 198 g/mol. The molecule has 0 aromatic carbocycles. The number of nitrogens with zero attached hydrogens (tertiary/aromatic N) is 1. The van der Waals surface area contributed by atoms with Crippen LogP contribution in [0.3, 0.4) is 0 Å². The molecule has 2 saturated heterocycles. The maximum Gasteiger partial charge on any atom is 0.0677 e. The molecule has 0 amide bonds. The average Bonchev–Trinajstić information content (AvgIpc) is 2.63. The van der Waals surface area contributed by atoms with E-state index in [9.17, 15) is 5.11 Å². The predicted molar refractivity (Wildman–Crippen MR) is 67.5 cm³/mol. The molecule has 2 fully saturated rings. The SMILES string of the molecule is CCCC(C)CC1(O)CCN2CCCC2C1. The Bertz CT molecular complexity index is 231. The fraction of sp³-hybridized carbons (Fsp3) is 1.00. The van der Waals surface area contributed by atoms with E-state index >= 15 is 0 Å². The first-order valence-electron chi connectivity index (χ1n) is 7.09. The largest absolute Gasteiger partial charge is 0.390 e. The Kier molecular flexibility index (Phi) is 3.91. The van der Waals surface area contributed by atoms with E-state index in [0.717, 1.165) is 25.8 Å². The van der Waals surface area contributed by atoms with E-state index in [1.165, 1.54) is 32.2 Å². The third-order valence-corrected chi connectivity index (χ3v) is 4.49. The Balaban J connectivity index is 1.87. The molecule has 2 rings (SSSR count). The summed E-state index contributed by atoms with van der Waals surface area (Å²) in [4.78, 5) is 2.58. The van der Waals surface area contributed by atoms with Crippen LogP contribution in [0.5, 0.6) is 0 Å². The zero-order chi connectivity index (χ0) is 11.6. The average molecular weight is 225 g/mol. The summed E-state index contributed by atoms with van der Waals surface area (Å²) in [6, 6.07) is 0.688. The van der Waals surface area contributed by atoms with Crippen LogP contribution in [0.4, 0.5) is 0 Å². The molecular formula is C14H27NO. The molecule has 94 valence electrons. The van der Waals surface area contributed by atoms with E-state index in [-0.39, 0.29) is 5.60 Å². The molecule has 2 aliphatic rings. The molecule has 0 aromatic heterocycles. The van der Waals surface area contributed by atoms with Crippen LogP contribution in [0, 0.1) is 5.92 Å². The van der Waals surface area contributed by atoms with E-state index in [2.05, 4.69) is 18.7 Å². The zero-order valence-corrected chi connectivity index (χ0v) is 10.9. The Labute approximate surface area is 100 Å². The van der Waals surface area contributed by atoms with Gasteiger partial charge in [-0.2, -0.15) is 0 Å². The van der Waals surface area contributed by atoms with Crippen molar-refractivity contribution in [1.29, 1.82) is 0 Å². The Morgan fingerprint density at radius 2 is 2.25 bits per heavy atom. The third kappa shape index (κ3) is 2.78. The van der Waals surface area contributed by atoms with E-state index in [1.807, 2.05) is 0 Å². The summed E-state index contributed by atoms with van der Waals surface area (Å²) in [7, 11) is 0. The van der Waals surface area contributed by atoms with Gasteiger partial charge in [0.15, 0.2) is 0 Å². The standard InChI is InChI=1S/C14H27NO/c1-3-5-12(2)10-14(16)7-9-15-8-4-6-13(15)11-14/h12-13,16H,3-11H2,1-2H3. The van der Waals surface area contributed by atoms with Crippen molar-refractivity contribution >= 4 is 0 Å². The predicted octanol–water partition coefficient (Wildman–Crippen LogP) is 2.80. The smallest absolute Gasteiger partial charge is 0.0677 e. The summed E-state index contributed by atoms with van der Waals surface area (Å²) in [5.41, 5.74) is -0.347. The number of piperidine rings is 1. The maximum atomic E-state index is 10.7. The summed E-state index contributed by atoms with van der Waals surface area (Å²) >= 11 is 0. The van der Waals surface area contributed by atoms with Gasteiger partial charge in [-0.05, 0) is 44.6 Å². The van der Waals surface area contributed by atoms with Crippen LogP contribution < -0.4 is 0 Å². The minimum absolute atomic E-state index is 0.347. The van der Waals surface area contributed by atoms with Crippen molar-refractivity contribution in [2.24, 2.45) is 5.92 Å². The van der Waals surface area contributed by atoms with Crippen LogP contribution in [-0.2, 0) is 0 Å². The molecule has 0 aromatic rings. The van der Waals surface area contributed by atoms with Gasteiger partial charge in [-0.15, -0.1) is 0 Å². The molecule has 2 heteroatoms. The molecule has 0 aliphatic carbocycles. The van der Waals surface area contributed by atoms with E-state index in [1.54, 1.807) is 0 Å². The lowest BCUT2D eigenvalue weighted by Gasteiger charge is -2.42. The van der Waals surface area contributed by atoms with Crippen LogP contribution in [0.15, 0.2) is 0 Å². The van der Waals surface area contributed by atoms with Crippen molar-refractivity contribution < 1.29 is 5.11 Å². The number of aliphatic hydroxyl groups is 1. The van der Waals surface area contributed by atoms with Gasteiger partial charge in [0.05, 0.1) is 5.60 Å². The molecule has 0 saturated carbocycles. The second kappa shape index (κ2) is 5.05. The van der Waals surface area contributed by atoms with Gasteiger partial charge in [0.25, 0.3) is 0 Å². The Hall–Kier alpha value is -0.0800. The number of hydrogen-bond donors (Lipinski definition) is 1. The first kappa shape index (κ1) is 12.4. The van der Waals surface area contributed by atoms with Crippen LogP contribution in [0.2, 0.25) is 0 Å². The van der Waals surface area contributed by atoms with Crippen molar-refractivity contribution in [3.8, 4) is 0 Å². The molecule has 3 unspecified atom stereocenters. The monoisotopic (exact) mass is 225 g/mol. The van der Waals surface area contributed by atoms with E-state index in [4.69, 9.17) is 0 Å². The summed E-state index contributed by atoms with van der Waals surface area (Å²) in [5.74, 6) is 0.683. The topological polar surface area (TPSA) is 23.5 Å². The first-order chi connectivity index (χ1) is 7.63. The highest BCUT2D eigenvalue weighted by molar-refractivity contribution is 4.95. The van der Waals surface area contributed by atoms with Crippen LogP contribution in [0.25, 0.3) is 0 Å². The highest BCUT2D eigenvalue weighted by Gasteiger charge is 2.40. The van der Waals surface area contributed by atoms with Gasteiger partial charge in [-0.3, -0.25) is 0 Å². The second-order valence-electron chi connectivity index (χ2n) is 6.11. The molecule has 0 spiro atoms. The minimum atomic E-state index is -0.347. The Morgan fingerprint density at radius 3 is 3.00 bits per heavy atom. The first-order valence-corrected chi connectivity index (χ1v) is 7.09. The van der Waals surface area contributed by atoms with Gasteiger partial charge in [0.2, 0.25) is 0 Å². The molecule has 16 heavy (non-hydrogen) atoms. The molecule has 2 heterocycles. The quantitative estimate of drug-likeness (QED) is 0.795. The van der Waals surface area contributed by atoms with Crippen LogP contribution in [0.1, 0.15) is 58.8 Å². The molecule has 2 aliphatic heterocycles. The highest BCUT2D eigenvalue weighted by atomic mass is 16.3. The van der Waals surface area contributed by atoms with Gasteiger partial charge in [-0.1, -0.05) is 26.7 Å². The number of hydrogen-bond acceptors (Lipinski definition) is 2. The minimum Gasteiger partial charge on any atom is -0.390 e. The second-order valence-corrected chi connectivity index (χ2v) is 6.11. The van der Waals surface area contributed by atoms with Crippen LogP contribution in [-0.4, -0.2) is 34.7 Å². The van der Waals surface area contributed by atoms with Gasteiger partial charge < -0.3 is 10.0 Å². The maximum absolute atomic E-state index is 10.7. The molecule has 1 N–H and O–H groups in total. The van der Waals surface area contributed by atoms with Crippen molar-refractivity contribution in [2.75, 3.05) is 13.1 Å². The molecule has 2 nitrogen and oxygen atoms in total. The lowest BCUT2D eigenvalue weighted by molar-refractivity contribution is -0.0516. The summed E-state index contributed by atoms with van der Waals surface area (Å²) in [5, 5.41) is 10.7. The highest BCUT2D eigenvalue weighted by Crippen LogP contribution is 2.37. The number of fused-ring (bicyclic) bond motifs is 1.